The van der Waals surface area contributed by atoms with Crippen molar-refractivity contribution in [2.75, 3.05) is 0 Å². The predicted octanol–water partition coefficient (Wildman–Crippen LogP) is 1.87. The van der Waals surface area contributed by atoms with Crippen molar-refractivity contribution in [3.63, 3.8) is 0 Å². The Balaban J connectivity index is 2.88. The molecule has 0 bridgehead atoms. The second-order valence-corrected chi connectivity index (χ2v) is 3.93. The summed E-state index contributed by atoms with van der Waals surface area (Å²) in [7, 11) is 0. The van der Waals surface area contributed by atoms with Crippen LogP contribution in [0.25, 0.3) is 0 Å². The van der Waals surface area contributed by atoms with Crippen molar-refractivity contribution in [1.29, 1.82) is 0 Å². The Hall–Kier alpha value is -1.83. The molecule has 0 aliphatic carbocycles. The van der Waals surface area contributed by atoms with Crippen LogP contribution in [0.5, 0.6) is 0 Å². The number of carbonyl (C=O) groups excluding carboxylic acids is 1. The number of hydrogen-bond acceptors (Lipinski definition) is 3. The summed E-state index contributed by atoms with van der Waals surface area (Å²) in [6.45, 7) is 0. The number of nitrogens with zero attached hydrogens (tertiary/aromatic N) is 1. The highest BCUT2D eigenvalue weighted by Crippen LogP contribution is 2.23. The number of pyridine rings is 1. The molecule has 104 valence electrons. The van der Waals surface area contributed by atoms with Crippen molar-refractivity contribution >= 4 is 23.5 Å². The number of aliphatic carboxylic acids is 1. The molecule has 0 saturated heterocycles. The molecule has 1 rings (SSSR count). The SMILES string of the molecule is O=C(O)CC(NC(=O)c1ccncc1Cl)C(F)(F)F. The molecule has 9 heteroatoms. The first-order chi connectivity index (χ1) is 8.71. The number of rotatable bonds is 4. The zero-order valence-corrected chi connectivity index (χ0v) is 10.00. The molecule has 0 spiro atoms. The summed E-state index contributed by atoms with van der Waals surface area (Å²) in [5.41, 5.74) is -0.212. The Labute approximate surface area is 110 Å². The molecular weight excluding hydrogens is 289 g/mol. The van der Waals surface area contributed by atoms with Crippen LogP contribution in [0.2, 0.25) is 5.02 Å². The Morgan fingerprint density at radius 3 is 2.58 bits per heavy atom. The molecule has 1 aromatic rings. The van der Waals surface area contributed by atoms with E-state index in [0.29, 0.717) is 0 Å². The van der Waals surface area contributed by atoms with Gasteiger partial charge in [-0.05, 0) is 6.07 Å². The lowest BCUT2D eigenvalue weighted by Gasteiger charge is -2.20. The van der Waals surface area contributed by atoms with E-state index in [4.69, 9.17) is 16.7 Å². The van der Waals surface area contributed by atoms with E-state index in [1.807, 2.05) is 0 Å². The number of aromatic nitrogens is 1. The average molecular weight is 297 g/mol. The van der Waals surface area contributed by atoms with E-state index in [0.717, 1.165) is 12.3 Å². The molecule has 1 heterocycles. The number of nitrogens with one attached hydrogen (secondary N) is 1. The number of halogens is 4. The van der Waals surface area contributed by atoms with Gasteiger partial charge in [0.1, 0.15) is 6.04 Å². The minimum Gasteiger partial charge on any atom is -0.481 e. The smallest absolute Gasteiger partial charge is 0.409 e. The molecule has 2 N–H and O–H groups in total. The highest BCUT2D eigenvalue weighted by Gasteiger charge is 2.42. The quantitative estimate of drug-likeness (QED) is 0.889. The van der Waals surface area contributed by atoms with E-state index in [-0.39, 0.29) is 10.6 Å². The Kier molecular flexibility index (Phi) is 4.71. The van der Waals surface area contributed by atoms with Crippen LogP contribution in [0, 0.1) is 0 Å². The number of carboxylic acid groups (broad SMARTS) is 1. The molecule has 0 aliphatic rings. The van der Waals surface area contributed by atoms with E-state index in [1.54, 1.807) is 5.32 Å². The van der Waals surface area contributed by atoms with Crippen LogP contribution in [0.1, 0.15) is 16.8 Å². The van der Waals surface area contributed by atoms with Gasteiger partial charge in [0.25, 0.3) is 5.91 Å². The van der Waals surface area contributed by atoms with Gasteiger partial charge in [0.2, 0.25) is 0 Å². The van der Waals surface area contributed by atoms with Gasteiger partial charge < -0.3 is 10.4 Å². The van der Waals surface area contributed by atoms with E-state index >= 15 is 0 Å². The van der Waals surface area contributed by atoms with Gasteiger partial charge in [0.15, 0.2) is 0 Å². The molecule has 0 saturated carbocycles. The van der Waals surface area contributed by atoms with Crippen molar-refractivity contribution in [3.8, 4) is 0 Å². The topological polar surface area (TPSA) is 79.3 Å². The highest BCUT2D eigenvalue weighted by atomic mass is 35.5. The molecule has 1 unspecified atom stereocenters. The van der Waals surface area contributed by atoms with Gasteiger partial charge in [-0.15, -0.1) is 0 Å². The molecule has 0 fully saturated rings. The van der Waals surface area contributed by atoms with Gasteiger partial charge in [-0.25, -0.2) is 0 Å². The van der Waals surface area contributed by atoms with Crippen molar-refractivity contribution in [1.82, 2.24) is 10.3 Å². The third-order valence-corrected chi connectivity index (χ3v) is 2.40. The standard InChI is InChI=1S/C10H8ClF3N2O3/c11-6-4-15-2-1-5(6)9(19)16-7(3-8(17)18)10(12,13)14/h1-2,4,7H,3H2,(H,16,19)(H,17,18). The zero-order chi connectivity index (χ0) is 14.6. The molecule has 0 radical (unpaired) electrons. The maximum atomic E-state index is 12.5. The van der Waals surface area contributed by atoms with Crippen LogP contribution in [0.4, 0.5) is 13.2 Å². The lowest BCUT2D eigenvalue weighted by molar-refractivity contribution is -0.165. The van der Waals surface area contributed by atoms with Crippen LogP contribution in [0.3, 0.4) is 0 Å². The predicted molar refractivity (Wildman–Crippen MR) is 58.8 cm³/mol. The van der Waals surface area contributed by atoms with E-state index < -0.39 is 30.5 Å². The van der Waals surface area contributed by atoms with Gasteiger partial charge in [-0.1, -0.05) is 11.6 Å². The third kappa shape index (κ3) is 4.40. The van der Waals surface area contributed by atoms with Gasteiger partial charge in [-0.2, -0.15) is 13.2 Å². The molecular formula is C10H8ClF3N2O3. The minimum atomic E-state index is -4.87. The maximum Gasteiger partial charge on any atom is 0.409 e. The Bertz CT molecular complexity index is 493. The molecule has 1 atom stereocenters. The Morgan fingerprint density at radius 2 is 2.11 bits per heavy atom. The summed E-state index contributed by atoms with van der Waals surface area (Å²) in [6.07, 6.45) is -3.86. The number of amides is 1. The highest BCUT2D eigenvalue weighted by molar-refractivity contribution is 6.33. The number of carboxylic acids is 1. The van der Waals surface area contributed by atoms with Crippen molar-refractivity contribution in [2.24, 2.45) is 0 Å². The monoisotopic (exact) mass is 296 g/mol. The van der Waals surface area contributed by atoms with Crippen LogP contribution in [-0.2, 0) is 4.79 Å². The fourth-order valence-electron chi connectivity index (χ4n) is 1.22. The first-order valence-electron chi connectivity index (χ1n) is 4.90. The lowest BCUT2D eigenvalue weighted by Crippen LogP contribution is -2.46. The molecule has 0 aromatic carbocycles. The zero-order valence-electron chi connectivity index (χ0n) is 9.24. The molecule has 0 aliphatic heterocycles. The summed E-state index contributed by atoms with van der Waals surface area (Å²) < 4.78 is 37.6. The lowest BCUT2D eigenvalue weighted by atomic mass is 10.1. The van der Waals surface area contributed by atoms with Gasteiger partial charge >= 0.3 is 12.1 Å². The second kappa shape index (κ2) is 5.87. The van der Waals surface area contributed by atoms with Crippen molar-refractivity contribution in [2.45, 2.75) is 18.6 Å². The first-order valence-corrected chi connectivity index (χ1v) is 5.28. The summed E-state index contributed by atoms with van der Waals surface area (Å²) >= 11 is 5.60. The number of alkyl halides is 3. The first kappa shape index (κ1) is 15.2. The number of carbonyl (C=O) groups is 2. The van der Waals surface area contributed by atoms with Crippen molar-refractivity contribution in [3.05, 3.63) is 29.0 Å². The fraction of sp³-hybridized carbons (Fsp3) is 0.300. The molecule has 1 aromatic heterocycles. The maximum absolute atomic E-state index is 12.5. The summed E-state index contributed by atoms with van der Waals surface area (Å²) in [4.78, 5) is 25.5. The van der Waals surface area contributed by atoms with E-state index in [2.05, 4.69) is 4.98 Å². The third-order valence-electron chi connectivity index (χ3n) is 2.10. The summed E-state index contributed by atoms with van der Waals surface area (Å²) in [5, 5.41) is 9.86. The molecule has 1 amide bonds. The normalized spacial score (nSPS) is 12.8. The van der Waals surface area contributed by atoms with Crippen LogP contribution < -0.4 is 5.32 Å². The molecule has 19 heavy (non-hydrogen) atoms. The van der Waals surface area contributed by atoms with Crippen molar-refractivity contribution < 1.29 is 27.9 Å². The Morgan fingerprint density at radius 1 is 1.47 bits per heavy atom. The van der Waals surface area contributed by atoms with Gasteiger partial charge in [-0.3, -0.25) is 14.6 Å². The average Bonchev–Trinajstić information content (AvgIpc) is 2.26. The van der Waals surface area contributed by atoms with Gasteiger partial charge in [0, 0.05) is 12.4 Å². The van der Waals surface area contributed by atoms with Gasteiger partial charge in [0.05, 0.1) is 17.0 Å². The molecule has 5 nitrogen and oxygen atoms in total. The van der Waals surface area contributed by atoms with E-state index in [1.165, 1.54) is 6.20 Å². The number of hydrogen-bond donors (Lipinski definition) is 2. The van der Waals surface area contributed by atoms with Crippen LogP contribution in [0.15, 0.2) is 18.5 Å². The minimum absolute atomic E-state index is 0.128. The second-order valence-electron chi connectivity index (χ2n) is 3.52. The van der Waals surface area contributed by atoms with Crippen LogP contribution in [-0.4, -0.2) is 34.2 Å². The van der Waals surface area contributed by atoms with E-state index in [9.17, 15) is 22.8 Å². The summed E-state index contributed by atoms with van der Waals surface area (Å²) in [6, 6.07) is -1.35. The largest absolute Gasteiger partial charge is 0.481 e. The van der Waals surface area contributed by atoms with Crippen LogP contribution >= 0.6 is 11.6 Å². The fourth-order valence-corrected chi connectivity index (χ4v) is 1.42. The summed E-state index contributed by atoms with van der Waals surface area (Å²) in [5.74, 6) is -2.79.